The number of esters is 1. The summed E-state index contributed by atoms with van der Waals surface area (Å²) in [4.78, 5) is 11.3. The summed E-state index contributed by atoms with van der Waals surface area (Å²) in [6, 6.07) is 2.88. The SMILES string of the molecule is CCOC(=O)c1cc(N)c(Cl)c(N)c1. The highest BCUT2D eigenvalue weighted by atomic mass is 35.5. The van der Waals surface area contributed by atoms with Crippen LogP contribution in [0.15, 0.2) is 12.1 Å². The number of rotatable bonds is 2. The average molecular weight is 215 g/mol. The minimum atomic E-state index is -0.456. The topological polar surface area (TPSA) is 78.3 Å². The van der Waals surface area contributed by atoms with Crippen molar-refractivity contribution in [3.05, 3.63) is 22.7 Å². The third kappa shape index (κ3) is 2.09. The van der Waals surface area contributed by atoms with Gasteiger partial charge in [0.25, 0.3) is 0 Å². The summed E-state index contributed by atoms with van der Waals surface area (Å²) in [5.74, 6) is -0.456. The molecule has 0 atom stereocenters. The molecule has 0 saturated heterocycles. The molecule has 76 valence electrons. The Morgan fingerprint density at radius 3 is 2.36 bits per heavy atom. The summed E-state index contributed by atoms with van der Waals surface area (Å²) in [6.45, 7) is 2.03. The molecule has 0 unspecified atom stereocenters. The molecular formula is C9H11ClN2O2. The van der Waals surface area contributed by atoms with Crippen LogP contribution in [0.2, 0.25) is 5.02 Å². The highest BCUT2D eigenvalue weighted by molar-refractivity contribution is 6.35. The summed E-state index contributed by atoms with van der Waals surface area (Å²) in [5, 5.41) is 0.262. The van der Waals surface area contributed by atoms with Crippen LogP contribution in [0.5, 0.6) is 0 Å². The lowest BCUT2D eigenvalue weighted by Crippen LogP contribution is -2.06. The number of nitrogen functional groups attached to an aromatic ring is 2. The van der Waals surface area contributed by atoms with E-state index in [1.54, 1.807) is 6.92 Å². The fraction of sp³-hybridized carbons (Fsp3) is 0.222. The van der Waals surface area contributed by atoms with Crippen LogP contribution < -0.4 is 11.5 Å². The Hall–Kier alpha value is -1.42. The monoisotopic (exact) mass is 214 g/mol. The van der Waals surface area contributed by atoms with Crippen LogP contribution in [0, 0.1) is 0 Å². The van der Waals surface area contributed by atoms with E-state index >= 15 is 0 Å². The van der Waals surface area contributed by atoms with Crippen LogP contribution in [0.3, 0.4) is 0 Å². The lowest BCUT2D eigenvalue weighted by Gasteiger charge is -2.06. The molecule has 0 spiro atoms. The molecular weight excluding hydrogens is 204 g/mol. The van der Waals surface area contributed by atoms with Crippen LogP contribution >= 0.6 is 11.6 Å². The average Bonchev–Trinajstić information content (AvgIpc) is 2.13. The number of hydrogen-bond acceptors (Lipinski definition) is 4. The largest absolute Gasteiger partial charge is 0.462 e. The van der Waals surface area contributed by atoms with E-state index in [2.05, 4.69) is 0 Å². The van der Waals surface area contributed by atoms with E-state index in [-0.39, 0.29) is 16.4 Å². The van der Waals surface area contributed by atoms with Crippen molar-refractivity contribution in [3.8, 4) is 0 Å². The Morgan fingerprint density at radius 2 is 1.93 bits per heavy atom. The van der Waals surface area contributed by atoms with Gasteiger partial charge in [0, 0.05) is 0 Å². The van der Waals surface area contributed by atoms with Gasteiger partial charge < -0.3 is 16.2 Å². The number of benzene rings is 1. The number of hydrogen-bond donors (Lipinski definition) is 2. The van der Waals surface area contributed by atoms with E-state index in [9.17, 15) is 4.79 Å². The molecule has 0 radical (unpaired) electrons. The van der Waals surface area contributed by atoms with E-state index in [0.717, 1.165) is 0 Å². The number of anilines is 2. The summed E-state index contributed by atoms with van der Waals surface area (Å²) in [6.07, 6.45) is 0. The fourth-order valence-corrected chi connectivity index (χ4v) is 1.11. The number of halogens is 1. The molecule has 5 heteroatoms. The Balaban J connectivity index is 3.06. The van der Waals surface area contributed by atoms with Gasteiger partial charge in [0.1, 0.15) is 0 Å². The highest BCUT2D eigenvalue weighted by Gasteiger charge is 2.10. The van der Waals surface area contributed by atoms with Crippen molar-refractivity contribution >= 4 is 28.9 Å². The van der Waals surface area contributed by atoms with Gasteiger partial charge in [-0.1, -0.05) is 11.6 Å². The molecule has 0 aromatic heterocycles. The van der Waals surface area contributed by atoms with E-state index in [4.69, 9.17) is 27.8 Å². The molecule has 0 aliphatic rings. The van der Waals surface area contributed by atoms with Gasteiger partial charge in [-0.15, -0.1) is 0 Å². The predicted octanol–water partition coefficient (Wildman–Crippen LogP) is 1.68. The van der Waals surface area contributed by atoms with Crippen molar-refractivity contribution in [2.75, 3.05) is 18.1 Å². The van der Waals surface area contributed by atoms with E-state index in [1.807, 2.05) is 0 Å². The minimum Gasteiger partial charge on any atom is -0.462 e. The molecule has 1 aromatic carbocycles. The minimum absolute atomic E-state index is 0.262. The van der Waals surface area contributed by atoms with Gasteiger partial charge in [-0.2, -0.15) is 0 Å². The van der Waals surface area contributed by atoms with Crippen LogP contribution in [0.25, 0.3) is 0 Å². The highest BCUT2D eigenvalue weighted by Crippen LogP contribution is 2.27. The molecule has 0 heterocycles. The molecule has 14 heavy (non-hydrogen) atoms. The van der Waals surface area contributed by atoms with Gasteiger partial charge in [-0.3, -0.25) is 0 Å². The Kier molecular flexibility index (Phi) is 3.19. The van der Waals surface area contributed by atoms with E-state index in [1.165, 1.54) is 12.1 Å². The zero-order valence-corrected chi connectivity index (χ0v) is 8.47. The summed E-state index contributed by atoms with van der Waals surface area (Å²) in [5.41, 5.74) is 11.9. The second-order valence-corrected chi connectivity index (χ2v) is 3.07. The van der Waals surface area contributed by atoms with Gasteiger partial charge in [0.2, 0.25) is 0 Å². The number of carbonyl (C=O) groups is 1. The van der Waals surface area contributed by atoms with Gasteiger partial charge in [-0.05, 0) is 19.1 Å². The number of carbonyl (C=O) groups excluding carboxylic acids is 1. The normalized spacial score (nSPS) is 9.86. The third-order valence-electron chi connectivity index (χ3n) is 1.64. The molecule has 1 aromatic rings. The first-order chi connectivity index (χ1) is 6.56. The van der Waals surface area contributed by atoms with Gasteiger partial charge in [0.15, 0.2) is 0 Å². The zero-order chi connectivity index (χ0) is 10.7. The van der Waals surface area contributed by atoms with Gasteiger partial charge >= 0.3 is 5.97 Å². The Morgan fingerprint density at radius 1 is 1.43 bits per heavy atom. The molecule has 0 bridgehead atoms. The molecule has 4 nitrogen and oxygen atoms in total. The fourth-order valence-electron chi connectivity index (χ4n) is 1.00. The first-order valence-corrected chi connectivity index (χ1v) is 4.45. The van der Waals surface area contributed by atoms with Crippen molar-refractivity contribution in [2.45, 2.75) is 6.92 Å². The molecule has 1 rings (SSSR count). The van der Waals surface area contributed by atoms with Gasteiger partial charge in [-0.25, -0.2) is 4.79 Å². The predicted molar refractivity (Wildman–Crippen MR) is 56.2 cm³/mol. The standard InChI is InChI=1S/C9H11ClN2O2/c1-2-14-9(13)5-3-6(11)8(10)7(12)4-5/h3-4H,2,11-12H2,1H3. The second-order valence-electron chi connectivity index (χ2n) is 2.69. The summed E-state index contributed by atoms with van der Waals surface area (Å²) >= 11 is 5.73. The summed E-state index contributed by atoms with van der Waals surface area (Å²) < 4.78 is 4.78. The van der Waals surface area contributed by atoms with Crippen LogP contribution in [0.4, 0.5) is 11.4 Å². The maximum Gasteiger partial charge on any atom is 0.338 e. The van der Waals surface area contributed by atoms with Gasteiger partial charge in [0.05, 0.1) is 28.6 Å². The quantitative estimate of drug-likeness (QED) is 0.580. The van der Waals surface area contributed by atoms with E-state index < -0.39 is 5.97 Å². The van der Waals surface area contributed by atoms with Crippen molar-refractivity contribution in [1.82, 2.24) is 0 Å². The van der Waals surface area contributed by atoms with E-state index in [0.29, 0.717) is 12.2 Å². The second kappa shape index (κ2) is 4.19. The maximum atomic E-state index is 11.3. The van der Waals surface area contributed by atoms with Crippen LogP contribution in [0.1, 0.15) is 17.3 Å². The number of nitrogens with two attached hydrogens (primary N) is 2. The van der Waals surface area contributed by atoms with Crippen LogP contribution in [-0.4, -0.2) is 12.6 Å². The number of ether oxygens (including phenoxy) is 1. The van der Waals surface area contributed by atoms with Crippen molar-refractivity contribution < 1.29 is 9.53 Å². The van der Waals surface area contributed by atoms with Crippen molar-refractivity contribution in [3.63, 3.8) is 0 Å². The van der Waals surface area contributed by atoms with Crippen LogP contribution in [-0.2, 0) is 4.74 Å². The summed E-state index contributed by atoms with van der Waals surface area (Å²) in [7, 11) is 0. The molecule has 0 aliphatic heterocycles. The third-order valence-corrected chi connectivity index (χ3v) is 2.08. The molecule has 0 fully saturated rings. The Labute approximate surface area is 86.8 Å². The molecule has 4 N–H and O–H groups in total. The lowest BCUT2D eigenvalue weighted by molar-refractivity contribution is 0.0526. The first kappa shape index (κ1) is 10.7. The van der Waals surface area contributed by atoms with Crippen molar-refractivity contribution in [2.24, 2.45) is 0 Å². The maximum absolute atomic E-state index is 11.3. The molecule has 0 amide bonds. The zero-order valence-electron chi connectivity index (χ0n) is 7.71. The Bertz CT molecular complexity index is 343. The smallest absolute Gasteiger partial charge is 0.338 e. The first-order valence-electron chi connectivity index (χ1n) is 4.08. The lowest BCUT2D eigenvalue weighted by atomic mass is 10.2. The molecule has 0 saturated carbocycles. The van der Waals surface area contributed by atoms with Crippen molar-refractivity contribution in [1.29, 1.82) is 0 Å². The molecule has 0 aliphatic carbocycles.